The van der Waals surface area contributed by atoms with Crippen LogP contribution in [0.3, 0.4) is 0 Å². The summed E-state index contributed by atoms with van der Waals surface area (Å²) in [4.78, 5) is 3.38. The summed E-state index contributed by atoms with van der Waals surface area (Å²) in [5, 5.41) is 0. The Morgan fingerprint density at radius 2 is 2.56 bits per heavy atom. The standard InChI is InChI=1S/C6H5FIN/c1-4-3-9-6(7)2-5(4)8/h2-3H,1H3/i2D. The second-order valence-electron chi connectivity index (χ2n) is 1.67. The number of nitrogens with zero attached hydrogens (tertiary/aromatic N) is 1. The van der Waals surface area contributed by atoms with Crippen LogP contribution in [-0.4, -0.2) is 4.98 Å². The first-order valence-electron chi connectivity index (χ1n) is 2.90. The molecule has 9 heavy (non-hydrogen) atoms. The van der Waals surface area contributed by atoms with Crippen molar-refractivity contribution in [1.29, 1.82) is 0 Å². The number of hydrogen-bond donors (Lipinski definition) is 0. The molecule has 1 aromatic heterocycles. The molecule has 0 N–H and O–H groups in total. The van der Waals surface area contributed by atoms with E-state index in [1.807, 2.05) is 22.6 Å². The van der Waals surface area contributed by atoms with E-state index in [1.165, 1.54) is 6.20 Å². The van der Waals surface area contributed by atoms with Crippen LogP contribution in [0, 0.1) is 16.4 Å². The predicted molar refractivity (Wildman–Crippen MR) is 41.6 cm³/mol. The number of hydrogen-bond acceptors (Lipinski definition) is 1. The Morgan fingerprint density at radius 1 is 1.89 bits per heavy atom. The third kappa shape index (κ3) is 1.61. The molecule has 48 valence electrons. The molecular weight excluding hydrogens is 232 g/mol. The van der Waals surface area contributed by atoms with Crippen molar-refractivity contribution in [3.63, 3.8) is 0 Å². The molecule has 0 saturated carbocycles. The smallest absolute Gasteiger partial charge is 0.213 e. The van der Waals surface area contributed by atoms with Gasteiger partial charge in [-0.2, -0.15) is 4.39 Å². The lowest BCUT2D eigenvalue weighted by Crippen LogP contribution is -1.85. The monoisotopic (exact) mass is 238 g/mol. The van der Waals surface area contributed by atoms with Crippen LogP contribution in [0.25, 0.3) is 0 Å². The fourth-order valence-electron chi connectivity index (χ4n) is 0.432. The van der Waals surface area contributed by atoms with Gasteiger partial charge in [0.25, 0.3) is 0 Å². The topological polar surface area (TPSA) is 12.9 Å². The summed E-state index contributed by atoms with van der Waals surface area (Å²) in [5.74, 6) is -0.699. The van der Waals surface area contributed by atoms with Gasteiger partial charge in [-0.1, -0.05) is 0 Å². The number of halogens is 2. The molecule has 0 aliphatic carbocycles. The minimum absolute atomic E-state index is 0.111. The molecule has 0 amide bonds. The Kier molecular flexibility index (Phi) is 1.61. The molecule has 0 unspecified atom stereocenters. The van der Waals surface area contributed by atoms with Crippen LogP contribution in [0.2, 0.25) is 0 Å². The number of aromatic nitrogens is 1. The normalized spacial score (nSPS) is 11.2. The average molecular weight is 238 g/mol. The van der Waals surface area contributed by atoms with Gasteiger partial charge in [-0.25, -0.2) is 4.98 Å². The van der Waals surface area contributed by atoms with Crippen molar-refractivity contribution >= 4 is 22.6 Å². The van der Waals surface area contributed by atoms with Crippen molar-refractivity contribution in [2.75, 3.05) is 0 Å². The van der Waals surface area contributed by atoms with E-state index >= 15 is 0 Å². The second kappa shape index (κ2) is 2.60. The molecule has 1 rings (SSSR count). The molecule has 0 bridgehead atoms. The van der Waals surface area contributed by atoms with Gasteiger partial charge < -0.3 is 0 Å². The summed E-state index contributed by atoms with van der Waals surface area (Å²) in [7, 11) is 0. The highest BCUT2D eigenvalue weighted by atomic mass is 127. The van der Waals surface area contributed by atoms with E-state index in [9.17, 15) is 4.39 Å². The number of aryl methyl sites for hydroxylation is 1. The van der Waals surface area contributed by atoms with Crippen molar-refractivity contribution in [2.45, 2.75) is 6.92 Å². The molecule has 1 nitrogen and oxygen atoms in total. The molecule has 1 aromatic rings. The highest BCUT2D eigenvalue weighted by Crippen LogP contribution is 2.09. The van der Waals surface area contributed by atoms with Crippen LogP contribution < -0.4 is 0 Å². The van der Waals surface area contributed by atoms with E-state index in [2.05, 4.69) is 4.98 Å². The Labute approximate surface area is 67.8 Å². The van der Waals surface area contributed by atoms with Gasteiger partial charge in [0.05, 0.1) is 1.37 Å². The maximum Gasteiger partial charge on any atom is 0.213 e. The van der Waals surface area contributed by atoms with E-state index in [-0.39, 0.29) is 6.04 Å². The summed E-state index contributed by atoms with van der Waals surface area (Å²) in [6, 6.07) is -0.111. The molecule has 0 aromatic carbocycles. The Balaban J connectivity index is 3.34. The zero-order chi connectivity index (χ0) is 7.72. The molecule has 0 aliphatic heterocycles. The van der Waals surface area contributed by atoms with Gasteiger partial charge >= 0.3 is 0 Å². The number of pyridine rings is 1. The molecule has 0 aliphatic rings. The zero-order valence-corrected chi connectivity index (χ0v) is 6.94. The fourth-order valence-corrected chi connectivity index (χ4v) is 0.793. The fraction of sp³-hybridized carbons (Fsp3) is 0.167. The third-order valence-electron chi connectivity index (χ3n) is 0.931. The summed E-state index contributed by atoms with van der Waals surface area (Å²) in [6.45, 7) is 1.80. The lowest BCUT2D eigenvalue weighted by atomic mass is 10.3. The SMILES string of the molecule is [2H]c1c(F)ncc(C)c1I. The molecule has 0 atom stereocenters. The molecule has 0 fully saturated rings. The maximum atomic E-state index is 12.5. The predicted octanol–water partition coefficient (Wildman–Crippen LogP) is 2.13. The van der Waals surface area contributed by atoms with Crippen LogP contribution in [0.1, 0.15) is 6.93 Å². The Bertz CT molecular complexity index is 237. The molecule has 3 heteroatoms. The van der Waals surface area contributed by atoms with E-state index in [4.69, 9.17) is 1.37 Å². The molecule has 0 spiro atoms. The number of rotatable bonds is 0. The van der Waals surface area contributed by atoms with E-state index in [1.54, 1.807) is 6.92 Å². The first-order valence-corrected chi connectivity index (χ1v) is 3.48. The second-order valence-corrected chi connectivity index (χ2v) is 2.75. The van der Waals surface area contributed by atoms with Crippen LogP contribution in [0.15, 0.2) is 12.2 Å². The van der Waals surface area contributed by atoms with Crippen LogP contribution in [0.4, 0.5) is 4.39 Å². The van der Waals surface area contributed by atoms with E-state index in [0.717, 1.165) is 5.56 Å². The van der Waals surface area contributed by atoms with Crippen molar-refractivity contribution < 1.29 is 5.76 Å². The minimum Gasteiger partial charge on any atom is -0.228 e. The van der Waals surface area contributed by atoms with Crippen molar-refractivity contribution in [2.24, 2.45) is 0 Å². The molecule has 0 radical (unpaired) electrons. The first kappa shape index (κ1) is 5.58. The van der Waals surface area contributed by atoms with Gasteiger partial charge in [-0.3, -0.25) is 0 Å². The van der Waals surface area contributed by atoms with Crippen LogP contribution >= 0.6 is 22.6 Å². The van der Waals surface area contributed by atoms with Gasteiger partial charge in [0.15, 0.2) is 0 Å². The van der Waals surface area contributed by atoms with Gasteiger partial charge in [0, 0.05) is 15.8 Å². The van der Waals surface area contributed by atoms with Gasteiger partial charge in [-0.15, -0.1) is 0 Å². The van der Waals surface area contributed by atoms with Crippen molar-refractivity contribution in [3.8, 4) is 0 Å². The molecule has 0 saturated heterocycles. The van der Waals surface area contributed by atoms with E-state index < -0.39 is 5.95 Å². The average Bonchev–Trinajstić information content (AvgIpc) is 1.93. The van der Waals surface area contributed by atoms with Crippen LogP contribution in [-0.2, 0) is 0 Å². The maximum absolute atomic E-state index is 12.5. The van der Waals surface area contributed by atoms with Crippen molar-refractivity contribution in [3.05, 3.63) is 27.3 Å². The Hall–Kier alpha value is -0.190. The third-order valence-corrected chi connectivity index (χ3v) is 2.05. The summed E-state index contributed by atoms with van der Waals surface area (Å²) < 4.78 is 20.2. The summed E-state index contributed by atoms with van der Waals surface area (Å²) >= 11 is 1.93. The highest BCUT2D eigenvalue weighted by Gasteiger charge is 1.94. The minimum atomic E-state index is -0.699. The summed E-state index contributed by atoms with van der Waals surface area (Å²) in [5.41, 5.74) is 0.840. The quantitative estimate of drug-likeness (QED) is 0.498. The van der Waals surface area contributed by atoms with Crippen molar-refractivity contribution in [1.82, 2.24) is 4.98 Å². The largest absolute Gasteiger partial charge is 0.228 e. The van der Waals surface area contributed by atoms with E-state index in [0.29, 0.717) is 3.57 Å². The lowest BCUT2D eigenvalue weighted by Gasteiger charge is -1.93. The molecular formula is C6H5FIN. The lowest BCUT2D eigenvalue weighted by molar-refractivity contribution is 0.581. The van der Waals surface area contributed by atoms with Gasteiger partial charge in [0.2, 0.25) is 5.95 Å². The summed E-state index contributed by atoms with van der Waals surface area (Å²) in [6.07, 6.45) is 1.43. The first-order chi connectivity index (χ1) is 4.63. The molecule has 1 heterocycles. The van der Waals surface area contributed by atoms with Gasteiger partial charge in [0.1, 0.15) is 0 Å². The van der Waals surface area contributed by atoms with Gasteiger partial charge in [-0.05, 0) is 35.1 Å². The highest BCUT2D eigenvalue weighted by molar-refractivity contribution is 14.1. The Morgan fingerprint density at radius 3 is 3.11 bits per heavy atom. The van der Waals surface area contributed by atoms with Crippen LogP contribution in [0.5, 0.6) is 0 Å². The zero-order valence-electron chi connectivity index (χ0n) is 5.78.